The number of rotatable bonds is 6. The van der Waals surface area contributed by atoms with E-state index < -0.39 is 18.2 Å². The molecular formula is C12H13NO4. The van der Waals surface area contributed by atoms with Crippen molar-refractivity contribution in [3.8, 4) is 0 Å². The van der Waals surface area contributed by atoms with E-state index >= 15 is 0 Å². The number of amides is 1. The minimum atomic E-state index is -1.15. The summed E-state index contributed by atoms with van der Waals surface area (Å²) in [6, 6.07) is 8.60. The highest BCUT2D eigenvalue weighted by Crippen LogP contribution is 1.98. The number of aliphatic carboxylic acids is 1. The van der Waals surface area contributed by atoms with Gasteiger partial charge in [-0.2, -0.15) is 0 Å². The van der Waals surface area contributed by atoms with E-state index in [1.54, 1.807) is 30.3 Å². The summed E-state index contributed by atoms with van der Waals surface area (Å²) in [4.78, 5) is 32.8. The van der Waals surface area contributed by atoms with Gasteiger partial charge in [-0.3, -0.25) is 14.4 Å². The van der Waals surface area contributed by atoms with Crippen molar-refractivity contribution < 1.29 is 19.5 Å². The molecule has 0 aliphatic heterocycles. The molecule has 0 atom stereocenters. The number of carbonyl (C=O) groups excluding carboxylic acids is 2. The molecule has 0 bridgehead atoms. The van der Waals surface area contributed by atoms with Gasteiger partial charge in [0.1, 0.15) is 12.2 Å². The van der Waals surface area contributed by atoms with Gasteiger partial charge >= 0.3 is 5.97 Å². The topological polar surface area (TPSA) is 83.5 Å². The average molecular weight is 235 g/mol. The lowest BCUT2D eigenvalue weighted by molar-refractivity contribution is -0.140. The van der Waals surface area contributed by atoms with Crippen LogP contribution in [0.1, 0.15) is 23.2 Å². The number of ketones is 1. The van der Waals surface area contributed by atoms with Crippen LogP contribution in [-0.2, 0) is 9.59 Å². The third kappa shape index (κ3) is 4.92. The van der Waals surface area contributed by atoms with Gasteiger partial charge in [0, 0.05) is 18.5 Å². The molecule has 0 heterocycles. The van der Waals surface area contributed by atoms with E-state index in [4.69, 9.17) is 5.11 Å². The monoisotopic (exact) mass is 235 g/mol. The van der Waals surface area contributed by atoms with Gasteiger partial charge in [-0.05, 0) is 12.1 Å². The first-order valence-corrected chi connectivity index (χ1v) is 5.16. The average Bonchev–Trinajstić information content (AvgIpc) is 2.29. The summed E-state index contributed by atoms with van der Waals surface area (Å²) in [6.45, 7) is 0.153. The molecule has 1 rings (SSSR count). The molecule has 1 amide bonds. The van der Waals surface area contributed by atoms with Crippen LogP contribution in [0.25, 0.3) is 0 Å². The summed E-state index contributed by atoms with van der Waals surface area (Å²) >= 11 is 0. The highest BCUT2D eigenvalue weighted by molar-refractivity contribution is 5.96. The Morgan fingerprint density at radius 3 is 2.35 bits per heavy atom. The van der Waals surface area contributed by atoms with Crippen molar-refractivity contribution in [2.24, 2.45) is 0 Å². The fourth-order valence-electron chi connectivity index (χ4n) is 1.26. The molecule has 17 heavy (non-hydrogen) atoms. The van der Waals surface area contributed by atoms with Crippen LogP contribution in [0, 0.1) is 0 Å². The lowest BCUT2D eigenvalue weighted by atomic mass is 10.2. The van der Waals surface area contributed by atoms with Crippen molar-refractivity contribution in [1.82, 2.24) is 5.32 Å². The maximum Gasteiger partial charge on any atom is 0.310 e. The Hall–Kier alpha value is -2.17. The highest BCUT2D eigenvalue weighted by atomic mass is 16.4. The van der Waals surface area contributed by atoms with Crippen LogP contribution in [-0.4, -0.2) is 29.3 Å². The molecule has 0 aromatic heterocycles. The largest absolute Gasteiger partial charge is 0.481 e. The second-order valence-corrected chi connectivity index (χ2v) is 3.48. The quantitative estimate of drug-likeness (QED) is 0.716. The van der Waals surface area contributed by atoms with Crippen molar-refractivity contribution in [1.29, 1.82) is 0 Å². The van der Waals surface area contributed by atoms with Crippen LogP contribution in [0.5, 0.6) is 0 Å². The summed E-state index contributed by atoms with van der Waals surface area (Å²) in [5.74, 6) is -1.82. The Morgan fingerprint density at radius 2 is 1.76 bits per heavy atom. The molecule has 90 valence electrons. The molecule has 0 saturated carbocycles. The Labute approximate surface area is 98.4 Å². The van der Waals surface area contributed by atoms with Gasteiger partial charge in [-0.25, -0.2) is 0 Å². The second-order valence-electron chi connectivity index (χ2n) is 3.48. The van der Waals surface area contributed by atoms with Crippen LogP contribution < -0.4 is 5.32 Å². The van der Waals surface area contributed by atoms with E-state index in [9.17, 15) is 14.4 Å². The first kappa shape index (κ1) is 12.9. The third-order valence-corrected chi connectivity index (χ3v) is 2.07. The summed E-state index contributed by atoms with van der Waals surface area (Å²) in [5.41, 5.74) is 0.512. The molecule has 0 saturated heterocycles. The SMILES string of the molecule is O=C(O)CC(=O)CCNC(=O)c1ccccc1. The van der Waals surface area contributed by atoms with E-state index in [-0.39, 0.29) is 18.9 Å². The first-order valence-electron chi connectivity index (χ1n) is 5.16. The number of hydrogen-bond acceptors (Lipinski definition) is 3. The van der Waals surface area contributed by atoms with Crippen LogP contribution >= 0.6 is 0 Å². The predicted molar refractivity (Wildman–Crippen MR) is 60.7 cm³/mol. The van der Waals surface area contributed by atoms with Gasteiger partial charge in [-0.1, -0.05) is 18.2 Å². The lowest BCUT2D eigenvalue weighted by Crippen LogP contribution is -2.26. The smallest absolute Gasteiger partial charge is 0.310 e. The van der Waals surface area contributed by atoms with E-state index in [1.165, 1.54) is 0 Å². The van der Waals surface area contributed by atoms with Crippen molar-refractivity contribution in [2.45, 2.75) is 12.8 Å². The first-order chi connectivity index (χ1) is 8.09. The highest BCUT2D eigenvalue weighted by Gasteiger charge is 2.08. The number of hydrogen-bond donors (Lipinski definition) is 2. The zero-order valence-electron chi connectivity index (χ0n) is 9.18. The van der Waals surface area contributed by atoms with Crippen molar-refractivity contribution in [3.63, 3.8) is 0 Å². The molecule has 5 nitrogen and oxygen atoms in total. The minimum absolute atomic E-state index is 0.0326. The molecular weight excluding hydrogens is 222 g/mol. The lowest BCUT2D eigenvalue weighted by Gasteiger charge is -2.03. The maximum atomic E-state index is 11.5. The molecule has 0 radical (unpaired) electrons. The molecule has 1 aromatic rings. The molecule has 1 aromatic carbocycles. The fourth-order valence-corrected chi connectivity index (χ4v) is 1.26. The normalized spacial score (nSPS) is 9.65. The van der Waals surface area contributed by atoms with Crippen LogP contribution in [0.15, 0.2) is 30.3 Å². The van der Waals surface area contributed by atoms with E-state index in [2.05, 4.69) is 5.32 Å². The van der Waals surface area contributed by atoms with Gasteiger partial charge in [0.05, 0.1) is 0 Å². The molecule has 0 aliphatic rings. The Kier molecular flexibility index (Phi) is 4.87. The van der Waals surface area contributed by atoms with E-state index in [1.807, 2.05) is 0 Å². The van der Waals surface area contributed by atoms with E-state index in [0.717, 1.165) is 0 Å². The fraction of sp³-hybridized carbons (Fsp3) is 0.250. The third-order valence-electron chi connectivity index (χ3n) is 2.07. The zero-order chi connectivity index (χ0) is 12.7. The standard InChI is InChI=1S/C12H13NO4/c14-10(8-11(15)16)6-7-13-12(17)9-4-2-1-3-5-9/h1-5H,6-8H2,(H,13,17)(H,15,16). The Morgan fingerprint density at radius 1 is 1.12 bits per heavy atom. The molecule has 0 fully saturated rings. The molecule has 0 unspecified atom stereocenters. The van der Waals surface area contributed by atoms with Gasteiger partial charge < -0.3 is 10.4 Å². The predicted octanol–water partition coefficient (Wildman–Crippen LogP) is 0.850. The Bertz CT molecular complexity index is 414. The van der Waals surface area contributed by atoms with Crippen molar-refractivity contribution >= 4 is 17.7 Å². The van der Waals surface area contributed by atoms with Crippen molar-refractivity contribution in [3.05, 3.63) is 35.9 Å². The summed E-state index contributed by atoms with van der Waals surface area (Å²) in [7, 11) is 0. The summed E-state index contributed by atoms with van der Waals surface area (Å²) < 4.78 is 0. The van der Waals surface area contributed by atoms with Gasteiger partial charge in [-0.15, -0.1) is 0 Å². The molecule has 0 aliphatic carbocycles. The molecule has 0 spiro atoms. The molecule has 5 heteroatoms. The van der Waals surface area contributed by atoms with Crippen LogP contribution in [0.4, 0.5) is 0 Å². The second kappa shape index (κ2) is 6.42. The van der Waals surface area contributed by atoms with Crippen LogP contribution in [0.2, 0.25) is 0 Å². The van der Waals surface area contributed by atoms with Crippen LogP contribution in [0.3, 0.4) is 0 Å². The van der Waals surface area contributed by atoms with Gasteiger partial charge in [0.2, 0.25) is 0 Å². The number of carboxylic acid groups (broad SMARTS) is 1. The van der Waals surface area contributed by atoms with E-state index in [0.29, 0.717) is 5.56 Å². The van der Waals surface area contributed by atoms with Gasteiger partial charge in [0.15, 0.2) is 0 Å². The molecule has 2 N–H and O–H groups in total. The van der Waals surface area contributed by atoms with Gasteiger partial charge in [0.25, 0.3) is 5.91 Å². The number of carboxylic acids is 1. The zero-order valence-corrected chi connectivity index (χ0v) is 9.18. The number of nitrogens with one attached hydrogen (secondary N) is 1. The Balaban J connectivity index is 2.30. The number of carbonyl (C=O) groups is 3. The van der Waals surface area contributed by atoms with Crippen molar-refractivity contribution in [2.75, 3.05) is 6.54 Å². The maximum absolute atomic E-state index is 11.5. The minimum Gasteiger partial charge on any atom is -0.481 e. The summed E-state index contributed by atoms with van der Waals surface area (Å²) in [5, 5.41) is 10.9. The number of benzene rings is 1. The number of Topliss-reactive ketones (excluding diaryl/α,β-unsaturated/α-hetero) is 1. The summed E-state index contributed by atoms with van der Waals surface area (Å²) in [6.07, 6.45) is -0.466.